The second-order valence-electron chi connectivity index (χ2n) is 5.91. The molecular weight excluding hydrogens is 336 g/mol. The SMILES string of the molecule is O=C(Cc1csc(N2CCCC2=O)n1)Nc1cnc2ccccc2c1. The second-order valence-corrected chi connectivity index (χ2v) is 6.75. The predicted octanol–water partition coefficient (Wildman–Crippen LogP) is 3.00. The number of pyridine rings is 1. The van der Waals surface area contributed by atoms with Crippen LogP contribution < -0.4 is 10.2 Å². The van der Waals surface area contributed by atoms with Crippen LogP contribution in [0.3, 0.4) is 0 Å². The van der Waals surface area contributed by atoms with E-state index in [1.165, 1.54) is 11.3 Å². The molecule has 2 amide bonds. The molecule has 0 aliphatic carbocycles. The largest absolute Gasteiger partial charge is 0.324 e. The minimum atomic E-state index is -0.151. The van der Waals surface area contributed by atoms with Gasteiger partial charge in [0.2, 0.25) is 11.8 Å². The molecule has 6 nitrogen and oxygen atoms in total. The highest BCUT2D eigenvalue weighted by Gasteiger charge is 2.24. The predicted molar refractivity (Wildman–Crippen MR) is 97.8 cm³/mol. The van der Waals surface area contributed by atoms with Gasteiger partial charge in [0.15, 0.2) is 5.13 Å². The lowest BCUT2D eigenvalue weighted by molar-refractivity contribution is -0.117. The smallest absolute Gasteiger partial charge is 0.230 e. The first kappa shape index (κ1) is 15.7. The molecule has 1 fully saturated rings. The van der Waals surface area contributed by atoms with Crippen LogP contribution in [0.15, 0.2) is 41.9 Å². The van der Waals surface area contributed by atoms with Gasteiger partial charge in [-0.25, -0.2) is 4.98 Å². The Bertz CT molecular complexity index is 953. The molecule has 4 rings (SSSR count). The number of rotatable bonds is 4. The Hall–Kier alpha value is -2.80. The zero-order valence-corrected chi connectivity index (χ0v) is 14.3. The molecule has 0 radical (unpaired) electrons. The summed E-state index contributed by atoms with van der Waals surface area (Å²) in [5, 5.41) is 6.34. The van der Waals surface area contributed by atoms with E-state index in [2.05, 4.69) is 15.3 Å². The molecule has 0 spiro atoms. The van der Waals surface area contributed by atoms with Crippen molar-refractivity contribution in [3.63, 3.8) is 0 Å². The molecule has 0 bridgehead atoms. The minimum absolute atomic E-state index is 0.104. The van der Waals surface area contributed by atoms with Crippen molar-refractivity contribution in [3.05, 3.63) is 47.6 Å². The fourth-order valence-corrected chi connectivity index (χ4v) is 3.73. The fraction of sp³-hybridized carbons (Fsp3) is 0.222. The Morgan fingerprint density at radius 1 is 1.32 bits per heavy atom. The summed E-state index contributed by atoms with van der Waals surface area (Å²) < 4.78 is 0. The number of benzene rings is 1. The number of amides is 2. The van der Waals surface area contributed by atoms with Crippen molar-refractivity contribution in [1.29, 1.82) is 0 Å². The van der Waals surface area contributed by atoms with Crippen LogP contribution in [-0.4, -0.2) is 28.3 Å². The summed E-state index contributed by atoms with van der Waals surface area (Å²) >= 11 is 1.40. The highest BCUT2D eigenvalue weighted by atomic mass is 32.1. The number of anilines is 2. The number of aromatic nitrogens is 2. The van der Waals surface area contributed by atoms with Crippen LogP contribution in [-0.2, 0) is 16.0 Å². The minimum Gasteiger partial charge on any atom is -0.324 e. The first-order valence-electron chi connectivity index (χ1n) is 8.08. The summed E-state index contributed by atoms with van der Waals surface area (Å²) in [6.45, 7) is 0.709. The van der Waals surface area contributed by atoms with E-state index in [1.807, 2.05) is 35.7 Å². The number of carbonyl (C=O) groups is 2. The van der Waals surface area contributed by atoms with Gasteiger partial charge in [-0.3, -0.25) is 19.5 Å². The standard InChI is InChI=1S/C18H16N4O2S/c23-16(20-13-8-12-4-1-2-5-15(12)19-10-13)9-14-11-25-18(21-14)22-7-3-6-17(22)24/h1-2,4-5,8,10-11H,3,6-7,9H2,(H,20,23). The Morgan fingerprint density at radius 2 is 2.20 bits per heavy atom. The van der Waals surface area contributed by atoms with Crippen LogP contribution in [0.5, 0.6) is 0 Å². The highest BCUT2D eigenvalue weighted by molar-refractivity contribution is 7.14. The molecule has 3 heterocycles. The number of thiazole rings is 1. The van der Waals surface area contributed by atoms with E-state index in [0.29, 0.717) is 29.5 Å². The monoisotopic (exact) mass is 352 g/mol. The van der Waals surface area contributed by atoms with E-state index in [-0.39, 0.29) is 18.2 Å². The fourth-order valence-electron chi connectivity index (χ4n) is 2.86. The van der Waals surface area contributed by atoms with Crippen LogP contribution in [0.25, 0.3) is 10.9 Å². The van der Waals surface area contributed by atoms with E-state index in [4.69, 9.17) is 0 Å². The molecule has 3 aromatic rings. The Kier molecular flexibility index (Phi) is 4.15. The zero-order valence-electron chi connectivity index (χ0n) is 13.4. The molecule has 126 valence electrons. The number of nitrogens with zero attached hydrogens (tertiary/aromatic N) is 3. The summed E-state index contributed by atoms with van der Waals surface area (Å²) in [5.74, 6) is -0.0470. The van der Waals surface area contributed by atoms with Crippen molar-refractivity contribution in [2.24, 2.45) is 0 Å². The lowest BCUT2D eigenvalue weighted by Crippen LogP contribution is -2.23. The first-order valence-corrected chi connectivity index (χ1v) is 8.96. The van der Waals surface area contributed by atoms with E-state index < -0.39 is 0 Å². The van der Waals surface area contributed by atoms with Crippen LogP contribution in [0, 0.1) is 0 Å². The molecule has 2 aromatic heterocycles. The van der Waals surface area contributed by atoms with Crippen molar-refractivity contribution < 1.29 is 9.59 Å². The Labute approximate surface area is 148 Å². The molecule has 1 aliphatic rings. The number of carbonyl (C=O) groups excluding carboxylic acids is 2. The van der Waals surface area contributed by atoms with Crippen molar-refractivity contribution in [3.8, 4) is 0 Å². The van der Waals surface area contributed by atoms with Gasteiger partial charge >= 0.3 is 0 Å². The molecule has 0 unspecified atom stereocenters. The Morgan fingerprint density at radius 3 is 3.04 bits per heavy atom. The highest BCUT2D eigenvalue weighted by Crippen LogP contribution is 2.25. The van der Waals surface area contributed by atoms with E-state index >= 15 is 0 Å². The van der Waals surface area contributed by atoms with Gasteiger partial charge in [0.25, 0.3) is 0 Å². The molecule has 1 saturated heterocycles. The van der Waals surface area contributed by atoms with Gasteiger partial charge in [-0.1, -0.05) is 18.2 Å². The average molecular weight is 352 g/mol. The van der Waals surface area contributed by atoms with Crippen molar-refractivity contribution in [1.82, 2.24) is 9.97 Å². The maximum Gasteiger partial charge on any atom is 0.230 e. The third-order valence-electron chi connectivity index (χ3n) is 4.06. The van der Waals surface area contributed by atoms with Gasteiger partial charge in [0.05, 0.1) is 29.5 Å². The number of hydrogen-bond donors (Lipinski definition) is 1. The number of para-hydroxylation sites is 1. The zero-order chi connectivity index (χ0) is 17.2. The number of hydrogen-bond acceptors (Lipinski definition) is 5. The maximum absolute atomic E-state index is 12.3. The number of nitrogens with one attached hydrogen (secondary N) is 1. The summed E-state index contributed by atoms with van der Waals surface area (Å²) in [6.07, 6.45) is 3.26. The molecule has 25 heavy (non-hydrogen) atoms. The van der Waals surface area contributed by atoms with Gasteiger partial charge in [0, 0.05) is 23.7 Å². The maximum atomic E-state index is 12.3. The van der Waals surface area contributed by atoms with Gasteiger partial charge in [-0.05, 0) is 18.6 Å². The van der Waals surface area contributed by atoms with E-state index in [9.17, 15) is 9.59 Å². The average Bonchev–Trinajstić information content (AvgIpc) is 3.23. The van der Waals surface area contributed by atoms with Crippen LogP contribution in [0.1, 0.15) is 18.5 Å². The second kappa shape index (κ2) is 6.60. The van der Waals surface area contributed by atoms with E-state index in [1.54, 1.807) is 11.1 Å². The third kappa shape index (κ3) is 3.36. The van der Waals surface area contributed by atoms with E-state index in [0.717, 1.165) is 17.3 Å². The summed E-state index contributed by atoms with van der Waals surface area (Å²) in [7, 11) is 0. The number of fused-ring (bicyclic) bond motifs is 1. The normalized spacial score (nSPS) is 14.2. The topological polar surface area (TPSA) is 75.2 Å². The van der Waals surface area contributed by atoms with Gasteiger partial charge in [0.1, 0.15) is 0 Å². The molecule has 0 saturated carbocycles. The molecule has 1 aromatic carbocycles. The first-order chi connectivity index (χ1) is 12.2. The van der Waals surface area contributed by atoms with Crippen molar-refractivity contribution in [2.75, 3.05) is 16.8 Å². The third-order valence-corrected chi connectivity index (χ3v) is 4.97. The van der Waals surface area contributed by atoms with Gasteiger partial charge < -0.3 is 5.32 Å². The molecule has 0 atom stereocenters. The molecule has 1 N–H and O–H groups in total. The molecular formula is C18H16N4O2S. The summed E-state index contributed by atoms with van der Waals surface area (Å²) in [5.41, 5.74) is 2.22. The quantitative estimate of drug-likeness (QED) is 0.783. The molecule has 1 aliphatic heterocycles. The summed E-state index contributed by atoms with van der Waals surface area (Å²) in [4.78, 5) is 34.5. The molecule has 7 heteroatoms. The van der Waals surface area contributed by atoms with Gasteiger partial charge in [-0.15, -0.1) is 11.3 Å². The van der Waals surface area contributed by atoms with Crippen molar-refractivity contribution in [2.45, 2.75) is 19.3 Å². The van der Waals surface area contributed by atoms with Crippen LogP contribution in [0.2, 0.25) is 0 Å². The van der Waals surface area contributed by atoms with Crippen LogP contribution in [0.4, 0.5) is 10.8 Å². The van der Waals surface area contributed by atoms with Gasteiger partial charge in [-0.2, -0.15) is 0 Å². The van der Waals surface area contributed by atoms with Crippen LogP contribution >= 0.6 is 11.3 Å². The van der Waals surface area contributed by atoms with Crippen molar-refractivity contribution >= 4 is 44.9 Å². The lowest BCUT2D eigenvalue weighted by atomic mass is 10.2. The lowest BCUT2D eigenvalue weighted by Gasteiger charge is -2.10. The summed E-state index contributed by atoms with van der Waals surface area (Å²) in [6, 6.07) is 9.65. The Balaban J connectivity index is 1.43.